The quantitative estimate of drug-likeness (QED) is 0.741. The van der Waals surface area contributed by atoms with Crippen LogP contribution < -0.4 is 10.0 Å². The van der Waals surface area contributed by atoms with E-state index in [1.807, 2.05) is 0 Å². The van der Waals surface area contributed by atoms with Gasteiger partial charge in [-0.25, -0.2) is 17.9 Å². The molecule has 9 heteroatoms. The van der Waals surface area contributed by atoms with Crippen LogP contribution in [-0.4, -0.2) is 27.7 Å². The summed E-state index contributed by atoms with van der Waals surface area (Å²) in [6.07, 6.45) is -0.700. The van der Waals surface area contributed by atoms with Gasteiger partial charge in [0.1, 0.15) is 11.5 Å². The number of anilines is 1. The third-order valence-electron chi connectivity index (χ3n) is 2.84. The number of nitrogens with one attached hydrogen (secondary N) is 2. The molecule has 1 amide bonds. The first-order valence-corrected chi connectivity index (χ1v) is 9.06. The van der Waals surface area contributed by atoms with Crippen LogP contribution in [0.4, 0.5) is 10.5 Å². The fourth-order valence-electron chi connectivity index (χ4n) is 1.75. The molecular formula is C15H14Cl2N2O4S. The van der Waals surface area contributed by atoms with Gasteiger partial charge in [0.25, 0.3) is 0 Å². The molecule has 0 bridgehead atoms. The maximum atomic E-state index is 12.1. The summed E-state index contributed by atoms with van der Waals surface area (Å²) >= 11 is 11.6. The predicted octanol–water partition coefficient (Wildman–Crippen LogP) is 3.52. The van der Waals surface area contributed by atoms with E-state index in [9.17, 15) is 13.2 Å². The van der Waals surface area contributed by atoms with Gasteiger partial charge in [0.05, 0.1) is 5.02 Å². The Balaban J connectivity index is 1.79. The lowest BCUT2D eigenvalue weighted by Gasteiger charge is -2.09. The molecule has 0 aliphatic heterocycles. The van der Waals surface area contributed by atoms with Crippen molar-refractivity contribution in [3.63, 3.8) is 0 Å². The van der Waals surface area contributed by atoms with Crippen LogP contribution in [0.25, 0.3) is 0 Å². The zero-order chi connectivity index (χ0) is 17.6. The molecule has 0 fully saturated rings. The lowest BCUT2D eigenvalue weighted by Crippen LogP contribution is -2.29. The van der Waals surface area contributed by atoms with E-state index in [-0.39, 0.29) is 23.1 Å². The summed E-state index contributed by atoms with van der Waals surface area (Å²) in [6, 6.07) is 12.5. The normalized spacial score (nSPS) is 11.1. The minimum atomic E-state index is -3.76. The maximum absolute atomic E-state index is 12.1. The van der Waals surface area contributed by atoms with Gasteiger partial charge in [-0.05, 0) is 36.4 Å². The minimum absolute atomic E-state index is 0.0303. The first-order chi connectivity index (χ1) is 11.4. The van der Waals surface area contributed by atoms with Crippen molar-refractivity contribution < 1.29 is 17.9 Å². The van der Waals surface area contributed by atoms with Crippen LogP contribution in [0.2, 0.25) is 10.0 Å². The monoisotopic (exact) mass is 388 g/mol. The van der Waals surface area contributed by atoms with Gasteiger partial charge in [-0.3, -0.25) is 5.32 Å². The van der Waals surface area contributed by atoms with E-state index in [2.05, 4.69) is 10.0 Å². The summed E-state index contributed by atoms with van der Waals surface area (Å²) < 4.78 is 31.3. The molecule has 2 aromatic rings. The van der Waals surface area contributed by atoms with E-state index in [1.54, 1.807) is 36.4 Å². The fraction of sp³-hybridized carbons (Fsp3) is 0.133. The highest BCUT2D eigenvalue weighted by Crippen LogP contribution is 2.19. The van der Waals surface area contributed by atoms with Crippen molar-refractivity contribution in [2.45, 2.75) is 4.90 Å². The Labute approximate surface area is 149 Å². The molecule has 0 aliphatic rings. The smallest absolute Gasteiger partial charge is 0.411 e. The highest BCUT2D eigenvalue weighted by atomic mass is 35.5. The van der Waals surface area contributed by atoms with Crippen molar-refractivity contribution in [1.29, 1.82) is 0 Å². The number of rotatable bonds is 6. The molecule has 0 aliphatic carbocycles. The van der Waals surface area contributed by atoms with E-state index in [0.29, 0.717) is 10.7 Å². The van der Waals surface area contributed by atoms with Crippen molar-refractivity contribution in [3.05, 3.63) is 58.6 Å². The van der Waals surface area contributed by atoms with E-state index in [0.717, 1.165) is 0 Å². The Hall–Kier alpha value is -1.80. The SMILES string of the molecule is O=C(Nc1ccc(Cl)cc1)OCCNS(=O)(=O)c1ccccc1Cl. The molecule has 0 radical (unpaired) electrons. The lowest BCUT2D eigenvalue weighted by molar-refractivity contribution is 0.164. The van der Waals surface area contributed by atoms with Crippen molar-refractivity contribution in [1.82, 2.24) is 4.72 Å². The molecular weight excluding hydrogens is 375 g/mol. The van der Waals surface area contributed by atoms with Gasteiger partial charge in [-0.1, -0.05) is 35.3 Å². The van der Waals surface area contributed by atoms with Gasteiger partial charge in [-0.15, -0.1) is 0 Å². The van der Waals surface area contributed by atoms with E-state index < -0.39 is 16.1 Å². The van der Waals surface area contributed by atoms with Gasteiger partial charge in [-0.2, -0.15) is 0 Å². The molecule has 0 atom stereocenters. The van der Waals surface area contributed by atoms with Gasteiger partial charge in [0, 0.05) is 17.3 Å². The second-order valence-corrected chi connectivity index (χ2v) is 7.18. The van der Waals surface area contributed by atoms with E-state index in [1.165, 1.54) is 12.1 Å². The van der Waals surface area contributed by atoms with Crippen LogP contribution >= 0.6 is 23.2 Å². The number of amides is 1. The zero-order valence-electron chi connectivity index (χ0n) is 12.3. The predicted molar refractivity (Wildman–Crippen MR) is 93.1 cm³/mol. The average Bonchev–Trinajstić information content (AvgIpc) is 2.54. The molecule has 24 heavy (non-hydrogen) atoms. The molecule has 0 aromatic heterocycles. The highest BCUT2D eigenvalue weighted by Gasteiger charge is 2.16. The number of benzene rings is 2. The summed E-state index contributed by atoms with van der Waals surface area (Å²) in [5, 5.41) is 3.15. The van der Waals surface area contributed by atoms with E-state index in [4.69, 9.17) is 27.9 Å². The lowest BCUT2D eigenvalue weighted by atomic mass is 10.3. The summed E-state index contributed by atoms with van der Waals surface area (Å²) in [7, 11) is -3.76. The highest BCUT2D eigenvalue weighted by molar-refractivity contribution is 7.89. The number of hydrogen-bond acceptors (Lipinski definition) is 4. The van der Waals surface area contributed by atoms with Crippen LogP contribution in [0.5, 0.6) is 0 Å². The molecule has 0 heterocycles. The van der Waals surface area contributed by atoms with E-state index >= 15 is 0 Å². The number of hydrogen-bond donors (Lipinski definition) is 2. The molecule has 0 saturated carbocycles. The fourth-order valence-corrected chi connectivity index (χ4v) is 3.40. The van der Waals surface area contributed by atoms with Crippen molar-refractivity contribution in [2.24, 2.45) is 0 Å². The van der Waals surface area contributed by atoms with Gasteiger partial charge < -0.3 is 4.74 Å². The summed E-state index contributed by atoms with van der Waals surface area (Å²) in [4.78, 5) is 11.6. The first kappa shape index (κ1) is 18.5. The largest absolute Gasteiger partial charge is 0.448 e. The van der Waals surface area contributed by atoms with Gasteiger partial charge in [0.15, 0.2) is 0 Å². The summed E-state index contributed by atoms with van der Waals surface area (Å²) in [5.74, 6) is 0. The average molecular weight is 389 g/mol. The first-order valence-electron chi connectivity index (χ1n) is 6.82. The van der Waals surface area contributed by atoms with Crippen LogP contribution in [0, 0.1) is 0 Å². The number of sulfonamides is 1. The van der Waals surface area contributed by atoms with Crippen molar-refractivity contribution >= 4 is 45.0 Å². The maximum Gasteiger partial charge on any atom is 0.411 e. The molecule has 2 aromatic carbocycles. The standard InChI is InChI=1S/C15H14Cl2N2O4S/c16-11-5-7-12(8-6-11)19-15(20)23-10-9-18-24(21,22)14-4-2-1-3-13(14)17/h1-8,18H,9-10H2,(H,19,20). The van der Waals surface area contributed by atoms with Crippen LogP contribution in [0.3, 0.4) is 0 Å². The van der Waals surface area contributed by atoms with Crippen LogP contribution in [-0.2, 0) is 14.8 Å². The molecule has 6 nitrogen and oxygen atoms in total. The number of carbonyl (C=O) groups excluding carboxylic acids is 1. The molecule has 128 valence electrons. The molecule has 2 N–H and O–H groups in total. The molecule has 2 rings (SSSR count). The molecule has 0 unspecified atom stereocenters. The Morgan fingerprint density at radius 3 is 2.38 bits per heavy atom. The second kappa shape index (κ2) is 8.34. The Morgan fingerprint density at radius 2 is 1.71 bits per heavy atom. The third-order valence-corrected chi connectivity index (χ3v) is 5.06. The van der Waals surface area contributed by atoms with Crippen molar-refractivity contribution in [2.75, 3.05) is 18.5 Å². The number of halogens is 2. The number of carbonyl (C=O) groups is 1. The second-order valence-electron chi connectivity index (χ2n) is 4.60. The van der Waals surface area contributed by atoms with Gasteiger partial charge >= 0.3 is 6.09 Å². The van der Waals surface area contributed by atoms with Crippen LogP contribution in [0.15, 0.2) is 53.4 Å². The Morgan fingerprint density at radius 1 is 1.04 bits per heavy atom. The Bertz CT molecular complexity index is 810. The summed E-state index contributed by atoms with van der Waals surface area (Å²) in [5.41, 5.74) is 0.515. The van der Waals surface area contributed by atoms with Gasteiger partial charge in [0.2, 0.25) is 10.0 Å². The molecule has 0 saturated heterocycles. The summed E-state index contributed by atoms with van der Waals surface area (Å²) in [6.45, 7) is -0.218. The van der Waals surface area contributed by atoms with Crippen molar-refractivity contribution in [3.8, 4) is 0 Å². The minimum Gasteiger partial charge on any atom is -0.448 e. The number of ether oxygens (including phenoxy) is 1. The zero-order valence-corrected chi connectivity index (χ0v) is 14.7. The Kier molecular flexibility index (Phi) is 6.44. The molecule has 0 spiro atoms. The van der Waals surface area contributed by atoms with Crippen LogP contribution in [0.1, 0.15) is 0 Å². The third kappa shape index (κ3) is 5.38. The topological polar surface area (TPSA) is 84.5 Å².